The zero-order valence-electron chi connectivity index (χ0n) is 16.5. The van der Waals surface area contributed by atoms with Crippen molar-refractivity contribution >= 4 is 11.8 Å². The summed E-state index contributed by atoms with van der Waals surface area (Å²) in [6.45, 7) is 6.22. The first-order valence-corrected chi connectivity index (χ1v) is 10.3. The van der Waals surface area contributed by atoms with Crippen molar-refractivity contribution in [2.75, 3.05) is 59.7 Å². The highest BCUT2D eigenvalue weighted by Crippen LogP contribution is 2.46. The molecule has 0 spiro atoms. The van der Waals surface area contributed by atoms with Gasteiger partial charge in [0.1, 0.15) is 0 Å². The Balaban J connectivity index is 1.58. The predicted molar refractivity (Wildman–Crippen MR) is 102 cm³/mol. The van der Waals surface area contributed by atoms with Crippen molar-refractivity contribution in [2.24, 2.45) is 5.41 Å². The lowest BCUT2D eigenvalue weighted by molar-refractivity contribution is -0.141. The summed E-state index contributed by atoms with van der Waals surface area (Å²) in [6.07, 6.45) is 6.84. The van der Waals surface area contributed by atoms with Crippen LogP contribution in [0.25, 0.3) is 0 Å². The summed E-state index contributed by atoms with van der Waals surface area (Å²) in [5, 5.41) is 3.17. The van der Waals surface area contributed by atoms with Gasteiger partial charge in [-0.25, -0.2) is 0 Å². The molecule has 1 aliphatic carbocycles. The highest BCUT2D eigenvalue weighted by Gasteiger charge is 2.49. The van der Waals surface area contributed by atoms with Crippen LogP contribution in [0.4, 0.5) is 0 Å². The summed E-state index contributed by atoms with van der Waals surface area (Å²) in [6, 6.07) is 0. The van der Waals surface area contributed by atoms with Crippen LogP contribution in [0.1, 0.15) is 38.5 Å². The number of piperidine rings is 1. The van der Waals surface area contributed by atoms with E-state index in [0.29, 0.717) is 32.5 Å². The Morgan fingerprint density at radius 2 is 2.11 bits per heavy atom. The van der Waals surface area contributed by atoms with Crippen LogP contribution in [-0.4, -0.2) is 81.3 Å². The second-order valence-electron chi connectivity index (χ2n) is 7.67. The number of ether oxygens (including phenoxy) is 2. The van der Waals surface area contributed by atoms with Crippen LogP contribution in [0.5, 0.6) is 0 Å². The van der Waals surface area contributed by atoms with Gasteiger partial charge in [0.15, 0.2) is 0 Å². The molecule has 2 amide bonds. The van der Waals surface area contributed by atoms with Gasteiger partial charge in [0, 0.05) is 45.4 Å². The number of hydrogen-bond acceptors (Lipinski definition) is 5. The molecule has 0 bridgehead atoms. The normalized spacial score (nSPS) is 26.5. The first-order valence-electron chi connectivity index (χ1n) is 10.3. The lowest BCUT2D eigenvalue weighted by Crippen LogP contribution is -2.53. The van der Waals surface area contributed by atoms with Crippen LogP contribution in [0, 0.1) is 5.41 Å². The zero-order chi connectivity index (χ0) is 19.1. The molecular weight excluding hydrogens is 346 g/mol. The van der Waals surface area contributed by atoms with E-state index in [1.54, 1.807) is 12.0 Å². The molecule has 2 heterocycles. The third kappa shape index (κ3) is 4.70. The van der Waals surface area contributed by atoms with Gasteiger partial charge in [0.2, 0.25) is 11.8 Å². The van der Waals surface area contributed by atoms with E-state index in [-0.39, 0.29) is 11.8 Å². The molecule has 3 rings (SSSR count). The van der Waals surface area contributed by atoms with Gasteiger partial charge >= 0.3 is 0 Å². The van der Waals surface area contributed by atoms with Crippen LogP contribution in [0.15, 0.2) is 11.8 Å². The topological polar surface area (TPSA) is 71.1 Å². The molecule has 0 radical (unpaired) electrons. The number of methoxy groups -OCH3 is 1. The van der Waals surface area contributed by atoms with Crippen LogP contribution < -0.4 is 5.32 Å². The van der Waals surface area contributed by atoms with E-state index in [9.17, 15) is 9.59 Å². The number of hydrogen-bond donors (Lipinski definition) is 1. The molecular formula is C20H33N3O4. The molecule has 7 heteroatoms. The Labute approximate surface area is 162 Å². The summed E-state index contributed by atoms with van der Waals surface area (Å²) in [4.78, 5) is 29.8. The molecule has 0 aromatic heterocycles. The molecule has 2 saturated heterocycles. The van der Waals surface area contributed by atoms with Gasteiger partial charge in [0.05, 0.1) is 25.2 Å². The van der Waals surface area contributed by atoms with E-state index in [2.05, 4.69) is 16.3 Å². The fraction of sp³-hybridized carbons (Fsp3) is 0.800. The number of nitrogens with one attached hydrogen (secondary N) is 1. The lowest BCUT2D eigenvalue weighted by atomic mass is 9.69. The molecule has 1 N–H and O–H groups in total. The van der Waals surface area contributed by atoms with Gasteiger partial charge in [0.25, 0.3) is 0 Å². The molecule has 2 aliphatic heterocycles. The van der Waals surface area contributed by atoms with Crippen molar-refractivity contribution in [2.45, 2.75) is 38.5 Å². The number of nitrogens with zero attached hydrogens (tertiary/aromatic N) is 2. The van der Waals surface area contributed by atoms with E-state index >= 15 is 0 Å². The Morgan fingerprint density at radius 1 is 1.30 bits per heavy atom. The Bertz CT molecular complexity index is 559. The third-order valence-electron chi connectivity index (χ3n) is 5.99. The maximum atomic E-state index is 13.2. The summed E-state index contributed by atoms with van der Waals surface area (Å²) in [5.74, 6) is 0.196. The molecule has 0 saturated carbocycles. The number of likely N-dealkylation sites (tertiary alicyclic amines) is 1. The minimum atomic E-state index is -0.543. The molecule has 7 nitrogen and oxygen atoms in total. The monoisotopic (exact) mass is 379 g/mol. The second kappa shape index (κ2) is 9.66. The molecule has 0 aromatic rings. The average Bonchev–Trinajstić information content (AvgIpc) is 2.71. The van der Waals surface area contributed by atoms with Crippen molar-refractivity contribution in [3.63, 3.8) is 0 Å². The van der Waals surface area contributed by atoms with E-state index < -0.39 is 5.41 Å². The molecule has 1 atom stereocenters. The van der Waals surface area contributed by atoms with Crippen molar-refractivity contribution in [3.8, 4) is 0 Å². The number of allylic oxidation sites excluding steroid dienone is 1. The number of rotatable bonds is 8. The highest BCUT2D eigenvalue weighted by molar-refractivity contribution is 5.91. The fourth-order valence-electron chi connectivity index (χ4n) is 4.45. The zero-order valence-corrected chi connectivity index (χ0v) is 16.5. The van der Waals surface area contributed by atoms with E-state index in [0.717, 1.165) is 64.2 Å². The number of morpholine rings is 1. The summed E-state index contributed by atoms with van der Waals surface area (Å²) >= 11 is 0. The van der Waals surface area contributed by atoms with Gasteiger partial charge in [-0.15, -0.1) is 0 Å². The van der Waals surface area contributed by atoms with Crippen LogP contribution >= 0.6 is 0 Å². The minimum Gasteiger partial charge on any atom is -0.383 e. The van der Waals surface area contributed by atoms with Crippen molar-refractivity contribution in [3.05, 3.63) is 11.8 Å². The Kier molecular flexibility index (Phi) is 7.26. The first kappa shape index (κ1) is 20.3. The highest BCUT2D eigenvalue weighted by atomic mass is 16.5. The first-order chi connectivity index (χ1) is 13.2. The molecule has 0 aromatic carbocycles. The Hall–Kier alpha value is -1.44. The van der Waals surface area contributed by atoms with E-state index in [4.69, 9.17) is 9.47 Å². The predicted octanol–water partition coefficient (Wildman–Crippen LogP) is 1.15. The molecule has 3 aliphatic rings. The van der Waals surface area contributed by atoms with Crippen LogP contribution in [0.2, 0.25) is 0 Å². The molecule has 1 unspecified atom stereocenters. The van der Waals surface area contributed by atoms with Gasteiger partial charge in [-0.2, -0.15) is 0 Å². The van der Waals surface area contributed by atoms with Crippen LogP contribution in [0.3, 0.4) is 0 Å². The third-order valence-corrected chi connectivity index (χ3v) is 5.99. The van der Waals surface area contributed by atoms with Gasteiger partial charge < -0.3 is 19.7 Å². The van der Waals surface area contributed by atoms with E-state index in [1.165, 1.54) is 0 Å². The quantitative estimate of drug-likeness (QED) is 0.641. The summed E-state index contributed by atoms with van der Waals surface area (Å²) in [7, 11) is 1.64. The number of fused-ring (bicyclic) bond motifs is 1. The summed E-state index contributed by atoms with van der Waals surface area (Å²) in [5.41, 5.74) is 0.367. The second-order valence-corrected chi connectivity index (χ2v) is 7.67. The van der Waals surface area contributed by atoms with Gasteiger partial charge in [-0.3, -0.25) is 14.5 Å². The van der Waals surface area contributed by atoms with Crippen molar-refractivity contribution in [1.82, 2.24) is 15.1 Å². The van der Waals surface area contributed by atoms with Gasteiger partial charge in [-0.1, -0.05) is 6.08 Å². The lowest BCUT2D eigenvalue weighted by Gasteiger charge is -2.46. The average molecular weight is 380 g/mol. The molecule has 152 valence electrons. The Morgan fingerprint density at radius 3 is 2.89 bits per heavy atom. The molecule has 2 fully saturated rings. The summed E-state index contributed by atoms with van der Waals surface area (Å²) < 4.78 is 10.5. The fourth-order valence-corrected chi connectivity index (χ4v) is 4.45. The number of amides is 2. The minimum absolute atomic E-state index is 0.0883. The number of carbonyl (C=O) groups is 2. The standard InChI is InChI=1S/C20H33N3O4/c1-26-14-13-23-17-5-2-3-7-20(17,8-6-18(23)24)19(25)21-9-4-10-22-11-15-27-16-12-22/h5H,2-4,6-16H2,1H3,(H,21,25). The van der Waals surface area contributed by atoms with E-state index in [1.807, 2.05) is 0 Å². The van der Waals surface area contributed by atoms with Crippen molar-refractivity contribution < 1.29 is 19.1 Å². The largest absolute Gasteiger partial charge is 0.383 e. The molecule has 27 heavy (non-hydrogen) atoms. The maximum Gasteiger partial charge on any atom is 0.232 e. The van der Waals surface area contributed by atoms with Crippen molar-refractivity contribution in [1.29, 1.82) is 0 Å². The van der Waals surface area contributed by atoms with Crippen LogP contribution in [-0.2, 0) is 19.1 Å². The number of carbonyl (C=O) groups excluding carboxylic acids is 2. The SMILES string of the molecule is COCCN1C(=O)CCC2(C(=O)NCCCN3CCOCC3)CCCC=C12. The smallest absolute Gasteiger partial charge is 0.232 e. The van der Waals surface area contributed by atoms with Gasteiger partial charge in [-0.05, 0) is 38.6 Å². The maximum absolute atomic E-state index is 13.2.